The molecule has 3 rings (SSSR count). The van der Waals surface area contributed by atoms with E-state index in [0.717, 1.165) is 10.2 Å². The first-order chi connectivity index (χ1) is 12.5. The van der Waals surface area contributed by atoms with E-state index in [1.54, 1.807) is 35.8 Å². The highest BCUT2D eigenvalue weighted by molar-refractivity contribution is 7.16. The minimum Gasteiger partial charge on any atom is -0.480 e. The van der Waals surface area contributed by atoms with Crippen LogP contribution in [0, 0.1) is 0 Å². The Labute approximate surface area is 158 Å². The third-order valence-corrected chi connectivity index (χ3v) is 5.06. The third kappa shape index (κ3) is 3.79. The minimum atomic E-state index is -0.965. The second-order valence-corrected chi connectivity index (χ2v) is 6.98. The Morgan fingerprint density at radius 3 is 2.73 bits per heavy atom. The lowest BCUT2D eigenvalue weighted by Gasteiger charge is -2.13. The average Bonchev–Trinajstić information content (AvgIpc) is 2.93. The van der Waals surface area contributed by atoms with Crippen molar-refractivity contribution in [3.05, 3.63) is 58.4 Å². The smallest absolute Gasteiger partial charge is 0.348 e. The number of hydrogen-bond acceptors (Lipinski definition) is 3. The number of carbonyl (C=O) groups is 2. The van der Waals surface area contributed by atoms with E-state index < -0.39 is 18.0 Å². The average molecular weight is 390 g/mol. The zero-order valence-corrected chi connectivity index (χ0v) is 15.4. The van der Waals surface area contributed by atoms with Gasteiger partial charge in [0.2, 0.25) is 0 Å². The summed E-state index contributed by atoms with van der Waals surface area (Å²) in [6, 6.07) is 12.7. The van der Waals surface area contributed by atoms with Gasteiger partial charge in [-0.05, 0) is 36.8 Å². The van der Waals surface area contributed by atoms with Crippen LogP contribution in [-0.2, 0) is 4.79 Å². The molecule has 0 radical (unpaired) electrons. The Morgan fingerprint density at radius 2 is 2.04 bits per heavy atom. The van der Waals surface area contributed by atoms with Crippen LogP contribution in [0.15, 0.2) is 53.5 Å². The van der Waals surface area contributed by atoms with Crippen molar-refractivity contribution in [1.29, 1.82) is 0 Å². The van der Waals surface area contributed by atoms with Gasteiger partial charge in [0, 0.05) is 10.7 Å². The van der Waals surface area contributed by atoms with Gasteiger partial charge in [0.25, 0.3) is 0 Å². The Kier molecular flexibility index (Phi) is 5.39. The van der Waals surface area contributed by atoms with Gasteiger partial charge in [-0.2, -0.15) is 4.99 Å². The number of carboxylic acids is 1. The predicted molar refractivity (Wildman–Crippen MR) is 103 cm³/mol. The fourth-order valence-corrected chi connectivity index (χ4v) is 3.90. The molecule has 2 amide bonds. The highest BCUT2D eigenvalue weighted by Gasteiger charge is 2.21. The number of aliphatic carboxylic acids is 1. The monoisotopic (exact) mass is 389 g/mol. The first-order valence-electron chi connectivity index (χ1n) is 7.93. The van der Waals surface area contributed by atoms with Crippen molar-refractivity contribution in [2.75, 3.05) is 5.32 Å². The van der Waals surface area contributed by atoms with Gasteiger partial charge >= 0.3 is 12.0 Å². The number of rotatable bonds is 4. The summed E-state index contributed by atoms with van der Waals surface area (Å²) in [6.07, 6.45) is 0.374. The van der Waals surface area contributed by atoms with Crippen molar-refractivity contribution in [2.45, 2.75) is 19.4 Å². The molecule has 0 aliphatic carbocycles. The maximum absolute atomic E-state index is 12.3. The molecule has 0 saturated carbocycles. The number of amides is 2. The van der Waals surface area contributed by atoms with Crippen molar-refractivity contribution < 1.29 is 14.7 Å². The lowest BCUT2D eigenvalue weighted by Crippen LogP contribution is -2.28. The molecule has 3 aromatic rings. The fraction of sp³-hybridized carbons (Fsp3) is 0.167. The van der Waals surface area contributed by atoms with E-state index in [1.165, 1.54) is 11.3 Å². The molecule has 134 valence electrons. The van der Waals surface area contributed by atoms with Crippen molar-refractivity contribution in [3.63, 3.8) is 0 Å². The number of thiazole rings is 1. The van der Waals surface area contributed by atoms with E-state index in [1.807, 2.05) is 24.3 Å². The number of carbonyl (C=O) groups excluding carboxylic acids is 1. The molecule has 6 nitrogen and oxygen atoms in total. The van der Waals surface area contributed by atoms with Gasteiger partial charge in [0.05, 0.1) is 10.2 Å². The molecule has 1 unspecified atom stereocenters. The molecular formula is C18H16ClN3O3S. The van der Waals surface area contributed by atoms with E-state index in [0.29, 0.717) is 21.9 Å². The Morgan fingerprint density at radius 1 is 1.27 bits per heavy atom. The van der Waals surface area contributed by atoms with E-state index in [9.17, 15) is 14.7 Å². The van der Waals surface area contributed by atoms with Gasteiger partial charge in [-0.1, -0.05) is 48.1 Å². The van der Waals surface area contributed by atoms with Crippen LogP contribution in [0.3, 0.4) is 0 Å². The van der Waals surface area contributed by atoms with Crippen LogP contribution in [-0.4, -0.2) is 21.7 Å². The van der Waals surface area contributed by atoms with Gasteiger partial charge in [-0.25, -0.2) is 9.59 Å². The maximum atomic E-state index is 12.3. The van der Waals surface area contributed by atoms with Crippen molar-refractivity contribution in [1.82, 2.24) is 4.57 Å². The fourth-order valence-electron chi connectivity index (χ4n) is 2.64. The number of carboxylic acid groups (broad SMARTS) is 1. The number of hydrogen-bond donors (Lipinski definition) is 2. The number of para-hydroxylation sites is 1. The van der Waals surface area contributed by atoms with E-state index in [2.05, 4.69) is 10.3 Å². The molecule has 0 aliphatic heterocycles. The number of benzene rings is 2. The Hall–Kier alpha value is -2.64. The molecule has 0 bridgehead atoms. The molecule has 8 heteroatoms. The quantitative estimate of drug-likeness (QED) is 0.687. The number of nitrogens with one attached hydrogen (secondary N) is 1. The molecule has 1 atom stereocenters. The second-order valence-electron chi connectivity index (χ2n) is 5.54. The summed E-state index contributed by atoms with van der Waals surface area (Å²) in [5.41, 5.74) is 1.25. The van der Waals surface area contributed by atoms with Crippen LogP contribution in [0.4, 0.5) is 10.5 Å². The number of nitrogens with zero attached hydrogens (tertiary/aromatic N) is 2. The van der Waals surface area contributed by atoms with Crippen LogP contribution in [0.1, 0.15) is 19.4 Å². The van der Waals surface area contributed by atoms with Gasteiger partial charge in [0.1, 0.15) is 6.04 Å². The lowest BCUT2D eigenvalue weighted by molar-refractivity contribution is -0.140. The zero-order chi connectivity index (χ0) is 18.7. The minimum absolute atomic E-state index is 0.333. The highest BCUT2D eigenvalue weighted by Crippen LogP contribution is 2.22. The first kappa shape index (κ1) is 18.2. The number of halogens is 1. The summed E-state index contributed by atoms with van der Waals surface area (Å²) in [7, 11) is 0. The highest BCUT2D eigenvalue weighted by atomic mass is 35.5. The van der Waals surface area contributed by atoms with Crippen LogP contribution >= 0.6 is 22.9 Å². The normalized spacial score (nSPS) is 12.9. The summed E-state index contributed by atoms with van der Waals surface area (Å²) in [6.45, 7) is 1.79. The van der Waals surface area contributed by atoms with Crippen LogP contribution in [0.2, 0.25) is 5.02 Å². The number of anilines is 1. The summed E-state index contributed by atoms with van der Waals surface area (Å²) >= 11 is 7.19. The molecule has 2 N–H and O–H groups in total. The number of aromatic nitrogens is 1. The molecule has 2 aromatic carbocycles. The standard InChI is InChI=1S/C18H16ClN3O3S/c1-2-13(16(23)24)22-14-8-3-4-9-15(14)26-18(22)21-17(25)20-12-7-5-6-11(19)10-12/h3-10,13H,2H2,1H3,(H,20,25)(H,23,24). The SMILES string of the molecule is CCC(C(=O)O)n1c(=NC(=O)Nc2cccc(Cl)c2)sc2ccccc21. The lowest BCUT2D eigenvalue weighted by atomic mass is 10.2. The summed E-state index contributed by atoms with van der Waals surface area (Å²) < 4.78 is 2.46. The molecule has 1 aromatic heterocycles. The third-order valence-electron chi connectivity index (χ3n) is 3.79. The Balaban J connectivity index is 2.07. The van der Waals surface area contributed by atoms with E-state index in [-0.39, 0.29) is 0 Å². The van der Waals surface area contributed by atoms with Crippen LogP contribution in [0.25, 0.3) is 10.2 Å². The summed E-state index contributed by atoms with van der Waals surface area (Å²) in [5.74, 6) is -0.965. The number of urea groups is 1. The second kappa shape index (κ2) is 7.72. The number of fused-ring (bicyclic) bond motifs is 1. The molecular weight excluding hydrogens is 374 g/mol. The molecule has 0 spiro atoms. The van der Waals surface area contributed by atoms with Gasteiger partial charge < -0.3 is 15.0 Å². The van der Waals surface area contributed by atoms with Crippen LogP contribution in [0.5, 0.6) is 0 Å². The zero-order valence-electron chi connectivity index (χ0n) is 13.8. The van der Waals surface area contributed by atoms with Gasteiger partial charge in [-0.3, -0.25) is 0 Å². The van der Waals surface area contributed by atoms with Crippen molar-refractivity contribution >= 4 is 50.8 Å². The molecule has 0 saturated heterocycles. The van der Waals surface area contributed by atoms with Crippen molar-refractivity contribution in [3.8, 4) is 0 Å². The maximum Gasteiger partial charge on any atom is 0.348 e. The largest absolute Gasteiger partial charge is 0.480 e. The first-order valence-corrected chi connectivity index (χ1v) is 9.13. The molecule has 0 aliphatic rings. The summed E-state index contributed by atoms with van der Waals surface area (Å²) in [5, 5.41) is 12.7. The van der Waals surface area contributed by atoms with E-state index in [4.69, 9.17) is 11.6 Å². The van der Waals surface area contributed by atoms with Gasteiger partial charge in [0.15, 0.2) is 4.80 Å². The predicted octanol–water partition coefficient (Wildman–Crippen LogP) is 4.52. The topological polar surface area (TPSA) is 83.7 Å². The van der Waals surface area contributed by atoms with Crippen molar-refractivity contribution in [2.24, 2.45) is 4.99 Å². The van der Waals surface area contributed by atoms with Crippen LogP contribution < -0.4 is 10.1 Å². The summed E-state index contributed by atoms with van der Waals surface area (Å²) in [4.78, 5) is 28.4. The molecule has 1 heterocycles. The van der Waals surface area contributed by atoms with E-state index >= 15 is 0 Å². The molecule has 26 heavy (non-hydrogen) atoms. The Bertz CT molecular complexity index is 1040. The van der Waals surface area contributed by atoms with Gasteiger partial charge in [-0.15, -0.1) is 0 Å². The molecule has 0 fully saturated rings.